The van der Waals surface area contributed by atoms with E-state index < -0.39 is 17.9 Å². The van der Waals surface area contributed by atoms with Crippen LogP contribution >= 0.6 is 0 Å². The van der Waals surface area contributed by atoms with E-state index in [1.54, 1.807) is 93.6 Å². The van der Waals surface area contributed by atoms with Gasteiger partial charge in [-0.05, 0) is 73.9 Å². The predicted molar refractivity (Wildman–Crippen MR) is 218 cm³/mol. The van der Waals surface area contributed by atoms with Crippen molar-refractivity contribution in [1.82, 2.24) is 0 Å². The second kappa shape index (κ2) is 26.4. The summed E-state index contributed by atoms with van der Waals surface area (Å²) in [6.07, 6.45) is 1.63. The maximum absolute atomic E-state index is 12.0. The van der Waals surface area contributed by atoms with Gasteiger partial charge in [-0.25, -0.2) is 14.4 Å². The summed E-state index contributed by atoms with van der Waals surface area (Å²) < 4.78 is 50.6. The summed E-state index contributed by atoms with van der Waals surface area (Å²) in [6.45, 7) is 20.9. The molecule has 308 valence electrons. The quantitative estimate of drug-likeness (QED) is 0.0298. The first-order valence-electron chi connectivity index (χ1n) is 19.2. The number of benzene rings is 3. The van der Waals surface area contributed by atoms with E-state index in [0.717, 1.165) is 0 Å². The van der Waals surface area contributed by atoms with Crippen molar-refractivity contribution in [2.45, 2.75) is 46.1 Å². The molecular formula is C45H56O12. The maximum Gasteiger partial charge on any atom is 0.338 e. The Morgan fingerprint density at radius 1 is 0.456 bits per heavy atom. The van der Waals surface area contributed by atoms with Crippen LogP contribution in [-0.2, 0) is 42.8 Å². The maximum atomic E-state index is 12.0. The third-order valence-electron chi connectivity index (χ3n) is 8.10. The monoisotopic (exact) mass is 788 g/mol. The molecule has 3 aromatic rings. The summed E-state index contributed by atoms with van der Waals surface area (Å²) in [6, 6.07) is 21.4. The Balaban J connectivity index is 1.40. The summed E-state index contributed by atoms with van der Waals surface area (Å²) in [5.41, 5.74) is 2.92. The van der Waals surface area contributed by atoms with Gasteiger partial charge >= 0.3 is 17.9 Å². The molecule has 0 N–H and O–H groups in total. The average molecular weight is 789 g/mol. The Morgan fingerprint density at radius 3 is 1.05 bits per heavy atom. The van der Waals surface area contributed by atoms with Gasteiger partial charge in [-0.1, -0.05) is 56.1 Å². The highest BCUT2D eigenvalue weighted by Crippen LogP contribution is 2.21. The molecule has 0 amide bonds. The Bertz CT molecular complexity index is 1610. The van der Waals surface area contributed by atoms with Crippen molar-refractivity contribution in [3.63, 3.8) is 0 Å². The molecule has 0 radical (unpaired) electrons. The van der Waals surface area contributed by atoms with Gasteiger partial charge in [0.15, 0.2) is 0 Å². The lowest BCUT2D eigenvalue weighted by Crippen LogP contribution is -2.27. The summed E-state index contributed by atoms with van der Waals surface area (Å²) in [7, 11) is 0. The second-order valence-corrected chi connectivity index (χ2v) is 12.4. The molecule has 12 nitrogen and oxygen atoms in total. The molecule has 0 aliphatic heterocycles. The van der Waals surface area contributed by atoms with E-state index in [1.165, 1.54) is 0 Å². The van der Waals surface area contributed by atoms with Gasteiger partial charge in [0.05, 0.1) is 76.2 Å². The molecule has 0 atom stereocenters. The molecular weight excluding hydrogens is 732 g/mol. The third kappa shape index (κ3) is 17.1. The van der Waals surface area contributed by atoms with E-state index in [-0.39, 0.29) is 25.9 Å². The largest absolute Gasteiger partial charge is 0.494 e. The van der Waals surface area contributed by atoms with E-state index in [1.807, 2.05) is 0 Å². The van der Waals surface area contributed by atoms with Crippen LogP contribution in [0.3, 0.4) is 0 Å². The minimum absolute atomic E-state index is 0.287. The van der Waals surface area contributed by atoms with Crippen LogP contribution in [0, 0.1) is 0 Å². The smallest absolute Gasteiger partial charge is 0.338 e. The molecule has 0 unspecified atom stereocenters. The van der Waals surface area contributed by atoms with Crippen LogP contribution in [0.25, 0.3) is 16.7 Å². The lowest BCUT2D eigenvalue weighted by Gasteiger charge is -2.19. The molecule has 57 heavy (non-hydrogen) atoms. The van der Waals surface area contributed by atoms with Crippen molar-refractivity contribution < 1.29 is 57.0 Å². The lowest BCUT2D eigenvalue weighted by atomic mass is 10.1. The van der Waals surface area contributed by atoms with Crippen LogP contribution in [0.5, 0.6) is 17.2 Å². The van der Waals surface area contributed by atoms with Gasteiger partial charge in [0.2, 0.25) is 0 Å². The lowest BCUT2D eigenvalue weighted by molar-refractivity contribution is -0.136. The average Bonchev–Trinajstić information content (AvgIpc) is 3.23. The van der Waals surface area contributed by atoms with Crippen LogP contribution in [0.2, 0.25) is 0 Å². The highest BCUT2D eigenvalue weighted by Gasteiger charge is 2.14. The van der Waals surface area contributed by atoms with Gasteiger partial charge in [0.25, 0.3) is 0 Å². The molecule has 0 aliphatic rings. The highest BCUT2D eigenvalue weighted by molar-refractivity contribution is 6.16. The molecule has 0 spiro atoms. The van der Waals surface area contributed by atoms with Gasteiger partial charge < -0.3 is 42.6 Å². The molecule has 0 heterocycles. The first-order chi connectivity index (χ1) is 27.7. The molecule has 0 aromatic heterocycles. The van der Waals surface area contributed by atoms with Gasteiger partial charge in [0.1, 0.15) is 23.4 Å². The summed E-state index contributed by atoms with van der Waals surface area (Å²) in [5, 5.41) is 0. The van der Waals surface area contributed by atoms with Gasteiger partial charge in [0, 0.05) is 32.5 Å². The topological polar surface area (TPSA) is 134 Å². The van der Waals surface area contributed by atoms with Gasteiger partial charge in [-0.2, -0.15) is 0 Å². The van der Waals surface area contributed by atoms with E-state index >= 15 is 0 Å². The van der Waals surface area contributed by atoms with Crippen LogP contribution in [0.1, 0.15) is 56.7 Å². The van der Waals surface area contributed by atoms with E-state index in [2.05, 4.69) is 19.7 Å². The predicted octanol–water partition coefficient (Wildman–Crippen LogP) is 7.54. The first-order valence-corrected chi connectivity index (χ1v) is 19.2. The Morgan fingerprint density at radius 2 is 0.754 bits per heavy atom. The number of carbonyl (C=O) groups excluding carboxylic acids is 3. The Kier molecular flexibility index (Phi) is 21.3. The molecule has 12 heteroatoms. The zero-order valence-electron chi connectivity index (χ0n) is 33.4. The second-order valence-electron chi connectivity index (χ2n) is 12.4. The molecule has 0 saturated heterocycles. The Hall–Kier alpha value is -5.43. The zero-order chi connectivity index (χ0) is 41.3. The van der Waals surface area contributed by atoms with Crippen LogP contribution in [0.15, 0.2) is 92.5 Å². The van der Waals surface area contributed by atoms with Crippen molar-refractivity contribution in [2.75, 3.05) is 72.7 Å². The van der Waals surface area contributed by atoms with Crippen molar-refractivity contribution in [3.8, 4) is 17.2 Å². The van der Waals surface area contributed by atoms with E-state index in [0.29, 0.717) is 123 Å². The van der Waals surface area contributed by atoms with Crippen LogP contribution in [-0.4, -0.2) is 96.7 Å². The SMILES string of the molecule is C=C(C(=O)OCC)c1ccc(OCCCOCC(COCCCOc2ccc(C(=C)C(=O)OCC)cc2)OCCCOc2ccc(C(=C)C(=O)OCC)cc2)cc1. The van der Waals surface area contributed by atoms with Crippen molar-refractivity contribution >= 4 is 34.6 Å². The first kappa shape index (κ1) is 46.0. The Labute approximate surface area is 336 Å². The number of rotatable bonds is 29. The number of esters is 3. The number of ether oxygens (including phenoxy) is 9. The minimum atomic E-state index is -0.446. The number of hydrogen-bond donors (Lipinski definition) is 0. The third-order valence-corrected chi connectivity index (χ3v) is 8.10. The van der Waals surface area contributed by atoms with Crippen molar-refractivity contribution in [2.24, 2.45) is 0 Å². The zero-order valence-corrected chi connectivity index (χ0v) is 33.4. The number of carbonyl (C=O) groups is 3. The van der Waals surface area contributed by atoms with Gasteiger partial charge in [-0.3, -0.25) is 0 Å². The van der Waals surface area contributed by atoms with Crippen molar-refractivity contribution in [1.29, 1.82) is 0 Å². The number of hydrogen-bond acceptors (Lipinski definition) is 12. The molecule has 0 fully saturated rings. The highest BCUT2D eigenvalue weighted by atomic mass is 16.6. The van der Waals surface area contributed by atoms with Crippen molar-refractivity contribution in [3.05, 3.63) is 109 Å². The van der Waals surface area contributed by atoms with Crippen LogP contribution in [0.4, 0.5) is 0 Å². The summed E-state index contributed by atoms with van der Waals surface area (Å²) >= 11 is 0. The fourth-order valence-electron chi connectivity index (χ4n) is 5.04. The molecule has 0 bridgehead atoms. The van der Waals surface area contributed by atoms with Gasteiger partial charge in [-0.15, -0.1) is 0 Å². The standard InChI is InChI=1S/C45H56O12/c1-7-51-43(46)33(4)36-13-19-39(20-14-36)54-27-10-25-49-31-42(57-30-12-29-56-41-23-17-38(18-24-41)35(6)45(48)53-9-3)32-50-26-11-28-55-40-21-15-37(16-22-40)34(5)44(47)52-8-2/h13-24,42H,4-12,25-32H2,1-3H3. The fourth-order valence-corrected chi connectivity index (χ4v) is 5.04. The van der Waals surface area contributed by atoms with E-state index in [9.17, 15) is 14.4 Å². The minimum Gasteiger partial charge on any atom is -0.494 e. The summed E-state index contributed by atoms with van der Waals surface area (Å²) in [5.74, 6) is 0.677. The molecule has 0 saturated carbocycles. The van der Waals surface area contributed by atoms with Crippen LogP contribution < -0.4 is 14.2 Å². The summed E-state index contributed by atoms with van der Waals surface area (Å²) in [4.78, 5) is 35.8. The van der Waals surface area contributed by atoms with E-state index in [4.69, 9.17) is 42.6 Å². The molecule has 3 rings (SSSR count). The fraction of sp³-hybridized carbons (Fsp3) is 0.400. The normalized spacial score (nSPS) is 10.7. The molecule has 0 aliphatic carbocycles. The molecule has 3 aromatic carbocycles.